The van der Waals surface area contributed by atoms with Gasteiger partial charge in [0.2, 0.25) is 0 Å². The SMILES string of the molecule is OC1(C2CC2)CN(CCOc2ccc(F)cc2)C1. The Hall–Kier alpha value is -1.13. The molecule has 2 aliphatic rings. The summed E-state index contributed by atoms with van der Waals surface area (Å²) in [6, 6.07) is 6.05. The van der Waals surface area contributed by atoms with Gasteiger partial charge in [-0.1, -0.05) is 0 Å². The molecule has 0 aromatic heterocycles. The van der Waals surface area contributed by atoms with Gasteiger partial charge in [-0.15, -0.1) is 0 Å². The molecule has 1 N–H and O–H groups in total. The summed E-state index contributed by atoms with van der Waals surface area (Å²) in [5.74, 6) is 0.973. The molecule has 2 fully saturated rings. The van der Waals surface area contributed by atoms with E-state index in [1.807, 2.05) is 0 Å². The van der Waals surface area contributed by atoms with Crippen LogP contribution in [0.25, 0.3) is 0 Å². The molecular formula is C14H18FNO2. The summed E-state index contributed by atoms with van der Waals surface area (Å²) in [4.78, 5) is 2.20. The third-order valence-electron chi connectivity index (χ3n) is 3.82. The minimum atomic E-state index is -0.421. The van der Waals surface area contributed by atoms with Crippen LogP contribution in [0.1, 0.15) is 12.8 Å². The van der Waals surface area contributed by atoms with E-state index in [0.29, 0.717) is 18.3 Å². The van der Waals surface area contributed by atoms with Gasteiger partial charge < -0.3 is 9.84 Å². The van der Waals surface area contributed by atoms with E-state index in [4.69, 9.17) is 4.74 Å². The molecule has 98 valence electrons. The van der Waals surface area contributed by atoms with Crippen LogP contribution in [0.15, 0.2) is 24.3 Å². The second-order valence-corrected chi connectivity index (χ2v) is 5.39. The normalized spacial score (nSPS) is 22.6. The van der Waals surface area contributed by atoms with E-state index in [1.54, 1.807) is 12.1 Å². The molecule has 1 saturated heterocycles. The van der Waals surface area contributed by atoms with Crippen molar-refractivity contribution in [3.05, 3.63) is 30.1 Å². The van der Waals surface area contributed by atoms with Crippen LogP contribution in [0.3, 0.4) is 0 Å². The maximum absolute atomic E-state index is 12.7. The highest BCUT2D eigenvalue weighted by Crippen LogP contribution is 2.44. The van der Waals surface area contributed by atoms with Crippen LogP contribution >= 0.6 is 0 Å². The van der Waals surface area contributed by atoms with Gasteiger partial charge in [0, 0.05) is 19.6 Å². The van der Waals surface area contributed by atoms with Gasteiger partial charge in [-0.05, 0) is 43.0 Å². The van der Waals surface area contributed by atoms with Gasteiger partial charge in [-0.25, -0.2) is 4.39 Å². The maximum atomic E-state index is 12.7. The van der Waals surface area contributed by atoms with Crippen LogP contribution in [-0.4, -0.2) is 41.8 Å². The number of β-amino-alcohol motifs (C(OH)–C–C–N with tert-alkyl or cyclic N) is 1. The topological polar surface area (TPSA) is 32.7 Å². The molecule has 1 aliphatic carbocycles. The quantitative estimate of drug-likeness (QED) is 0.864. The molecular weight excluding hydrogens is 233 g/mol. The van der Waals surface area contributed by atoms with E-state index < -0.39 is 5.60 Å². The molecule has 3 nitrogen and oxygen atoms in total. The van der Waals surface area contributed by atoms with E-state index in [1.165, 1.54) is 25.0 Å². The van der Waals surface area contributed by atoms with Gasteiger partial charge in [0.25, 0.3) is 0 Å². The summed E-state index contributed by atoms with van der Waals surface area (Å²) in [6.45, 7) is 2.92. The highest BCUT2D eigenvalue weighted by molar-refractivity contribution is 5.22. The van der Waals surface area contributed by atoms with Crippen LogP contribution in [-0.2, 0) is 0 Å². The summed E-state index contributed by atoms with van der Waals surface area (Å²) in [5, 5.41) is 10.1. The van der Waals surface area contributed by atoms with Gasteiger partial charge in [0.05, 0.1) is 5.60 Å². The molecule has 4 heteroatoms. The smallest absolute Gasteiger partial charge is 0.123 e. The number of halogens is 1. The Kier molecular flexibility index (Phi) is 2.99. The average molecular weight is 251 g/mol. The first-order chi connectivity index (χ1) is 8.66. The molecule has 1 aliphatic heterocycles. The molecule has 18 heavy (non-hydrogen) atoms. The van der Waals surface area contributed by atoms with Crippen molar-refractivity contribution in [3.63, 3.8) is 0 Å². The average Bonchev–Trinajstić information content (AvgIpc) is 3.13. The largest absolute Gasteiger partial charge is 0.492 e. The molecule has 1 aromatic rings. The Morgan fingerprint density at radius 2 is 1.94 bits per heavy atom. The minimum absolute atomic E-state index is 0.250. The zero-order chi connectivity index (χ0) is 12.6. The lowest BCUT2D eigenvalue weighted by atomic mass is 9.89. The predicted octanol–water partition coefficient (Wildman–Crippen LogP) is 1.66. The number of hydrogen-bond acceptors (Lipinski definition) is 3. The molecule has 0 radical (unpaired) electrons. The van der Waals surface area contributed by atoms with Crippen molar-refractivity contribution in [2.24, 2.45) is 5.92 Å². The van der Waals surface area contributed by atoms with E-state index >= 15 is 0 Å². The molecule has 0 unspecified atom stereocenters. The van der Waals surface area contributed by atoms with E-state index in [0.717, 1.165) is 19.6 Å². The summed E-state index contributed by atoms with van der Waals surface area (Å²) >= 11 is 0. The fourth-order valence-corrected chi connectivity index (χ4v) is 2.59. The zero-order valence-electron chi connectivity index (χ0n) is 10.3. The molecule has 1 heterocycles. The number of hydrogen-bond donors (Lipinski definition) is 1. The van der Waals surface area contributed by atoms with Crippen molar-refractivity contribution in [3.8, 4) is 5.75 Å². The third-order valence-corrected chi connectivity index (χ3v) is 3.82. The highest BCUT2D eigenvalue weighted by atomic mass is 19.1. The summed E-state index contributed by atoms with van der Waals surface area (Å²) in [5.41, 5.74) is -0.421. The van der Waals surface area contributed by atoms with Crippen molar-refractivity contribution in [2.45, 2.75) is 18.4 Å². The monoisotopic (exact) mass is 251 g/mol. The maximum Gasteiger partial charge on any atom is 0.123 e. The van der Waals surface area contributed by atoms with Crippen molar-refractivity contribution >= 4 is 0 Å². The third kappa shape index (κ3) is 2.49. The second kappa shape index (κ2) is 4.52. The number of nitrogens with zero attached hydrogens (tertiary/aromatic N) is 1. The Morgan fingerprint density at radius 1 is 1.28 bits per heavy atom. The molecule has 3 rings (SSSR count). The van der Waals surface area contributed by atoms with Gasteiger partial charge in [-0.2, -0.15) is 0 Å². The second-order valence-electron chi connectivity index (χ2n) is 5.39. The fourth-order valence-electron chi connectivity index (χ4n) is 2.59. The van der Waals surface area contributed by atoms with E-state index in [9.17, 15) is 9.50 Å². The Balaban J connectivity index is 1.37. The number of likely N-dealkylation sites (tertiary alicyclic amines) is 1. The molecule has 1 aromatic carbocycles. The van der Waals surface area contributed by atoms with Crippen LogP contribution < -0.4 is 4.74 Å². The van der Waals surface area contributed by atoms with E-state index in [-0.39, 0.29) is 5.82 Å². The van der Waals surface area contributed by atoms with Gasteiger partial charge in [0.15, 0.2) is 0 Å². The van der Waals surface area contributed by atoms with E-state index in [2.05, 4.69) is 4.90 Å². The molecule has 0 spiro atoms. The fraction of sp³-hybridized carbons (Fsp3) is 0.571. The zero-order valence-corrected chi connectivity index (χ0v) is 10.3. The Bertz CT molecular complexity index is 410. The Labute approximate surface area is 106 Å². The van der Waals surface area contributed by atoms with Crippen molar-refractivity contribution in [1.29, 1.82) is 0 Å². The lowest BCUT2D eigenvalue weighted by molar-refractivity contribution is -0.115. The number of benzene rings is 1. The summed E-state index contributed by atoms with van der Waals surface area (Å²) < 4.78 is 18.2. The van der Waals surface area contributed by atoms with Crippen LogP contribution in [0.2, 0.25) is 0 Å². The lowest BCUT2D eigenvalue weighted by Gasteiger charge is -2.47. The van der Waals surface area contributed by atoms with Crippen molar-refractivity contribution in [2.75, 3.05) is 26.2 Å². The first-order valence-electron chi connectivity index (χ1n) is 6.49. The van der Waals surface area contributed by atoms with Gasteiger partial charge in [-0.3, -0.25) is 4.90 Å². The highest BCUT2D eigenvalue weighted by Gasteiger charge is 2.51. The molecule has 0 bridgehead atoms. The van der Waals surface area contributed by atoms with Crippen LogP contribution in [0, 0.1) is 11.7 Å². The first kappa shape index (κ1) is 11.9. The minimum Gasteiger partial charge on any atom is -0.492 e. The van der Waals surface area contributed by atoms with Gasteiger partial charge in [0.1, 0.15) is 18.2 Å². The van der Waals surface area contributed by atoms with Crippen LogP contribution in [0.4, 0.5) is 4.39 Å². The van der Waals surface area contributed by atoms with Crippen LogP contribution in [0.5, 0.6) is 5.75 Å². The van der Waals surface area contributed by atoms with Gasteiger partial charge >= 0.3 is 0 Å². The summed E-state index contributed by atoms with van der Waals surface area (Å²) in [6.07, 6.45) is 2.35. The molecule has 0 atom stereocenters. The summed E-state index contributed by atoms with van der Waals surface area (Å²) in [7, 11) is 0. The lowest BCUT2D eigenvalue weighted by Crippen LogP contribution is -2.63. The van der Waals surface area contributed by atoms with Crippen molar-refractivity contribution < 1.29 is 14.2 Å². The Morgan fingerprint density at radius 3 is 2.56 bits per heavy atom. The number of rotatable bonds is 5. The number of aliphatic hydroxyl groups is 1. The predicted molar refractivity (Wildman–Crippen MR) is 66.0 cm³/mol. The molecule has 1 saturated carbocycles. The molecule has 0 amide bonds. The first-order valence-corrected chi connectivity index (χ1v) is 6.49. The van der Waals surface area contributed by atoms with Crippen molar-refractivity contribution in [1.82, 2.24) is 4.90 Å². The standard InChI is InChI=1S/C14H18FNO2/c15-12-3-5-13(6-4-12)18-8-7-16-9-14(17,10-16)11-1-2-11/h3-6,11,17H,1-2,7-10H2. The number of ether oxygens (including phenoxy) is 1.